The maximum atomic E-state index is 13.7. The molecule has 6 rings (SSSR count). The fraction of sp³-hybridized carbons (Fsp3) is 0.250. The molecule has 0 unspecified atom stereocenters. The molecule has 0 spiro atoms. The monoisotopic (exact) mass is 567 g/mol. The molecule has 0 bridgehead atoms. The lowest BCUT2D eigenvalue weighted by molar-refractivity contribution is 0.399. The highest BCUT2D eigenvalue weighted by atomic mass is 32.2. The number of fused-ring (bicyclic) bond motifs is 2. The molecule has 0 aliphatic heterocycles. The largest absolute Gasteiger partial charge is 0.359 e. The number of unbranched alkanes of at least 4 members (excludes halogenated alkanes) is 1. The lowest BCUT2D eigenvalue weighted by Gasteiger charge is -2.13. The molecule has 0 fully saturated rings. The predicted octanol–water partition coefficient (Wildman–Crippen LogP) is 7.09. The first-order chi connectivity index (χ1) is 19.8. The van der Waals surface area contributed by atoms with Crippen molar-refractivity contribution in [3.63, 3.8) is 0 Å². The number of benzene rings is 3. The Bertz CT molecular complexity index is 2000. The third-order valence-corrected chi connectivity index (χ3v) is 9.05. The number of nitrogens with one attached hydrogen (secondary N) is 1. The van der Waals surface area contributed by atoms with Gasteiger partial charge in [-0.3, -0.25) is 4.72 Å². The number of sulfonamides is 1. The molecule has 3 aromatic heterocycles. The standard InChI is InChI=1S/C32H33N5O3S/c1-5-6-15-31-33-26-17-16-21(2)18-29(26)37(31)20-24-19-36(27-12-8-7-11-25(24)27)28-13-9-10-14-30(28)41(38,39)35-32-22(3)23(4)40-34-32/h7-14,16-19H,5-6,15,20H2,1-4H3,(H,34,35). The van der Waals surface area contributed by atoms with Crippen molar-refractivity contribution in [2.24, 2.45) is 0 Å². The van der Waals surface area contributed by atoms with Crippen LogP contribution >= 0.6 is 0 Å². The fourth-order valence-electron chi connectivity index (χ4n) is 5.31. The summed E-state index contributed by atoms with van der Waals surface area (Å²) in [6.07, 6.45) is 5.10. The van der Waals surface area contributed by atoms with Gasteiger partial charge in [0, 0.05) is 23.6 Å². The van der Waals surface area contributed by atoms with Gasteiger partial charge in [-0.05, 0) is 68.7 Å². The molecule has 3 heterocycles. The van der Waals surface area contributed by atoms with Crippen molar-refractivity contribution in [1.29, 1.82) is 0 Å². The van der Waals surface area contributed by atoms with Crippen LogP contribution < -0.4 is 4.72 Å². The van der Waals surface area contributed by atoms with Crippen LogP contribution in [0.5, 0.6) is 0 Å². The van der Waals surface area contributed by atoms with E-state index >= 15 is 0 Å². The van der Waals surface area contributed by atoms with E-state index in [1.54, 1.807) is 26.0 Å². The topological polar surface area (TPSA) is 95.0 Å². The summed E-state index contributed by atoms with van der Waals surface area (Å²) in [5, 5.41) is 4.97. The van der Waals surface area contributed by atoms with Crippen molar-refractivity contribution >= 4 is 37.8 Å². The Morgan fingerprint density at radius 2 is 1.73 bits per heavy atom. The van der Waals surface area contributed by atoms with Crippen molar-refractivity contribution in [2.45, 2.75) is 58.4 Å². The maximum absolute atomic E-state index is 13.7. The molecule has 8 nitrogen and oxygen atoms in total. The van der Waals surface area contributed by atoms with Crippen LogP contribution in [0.2, 0.25) is 0 Å². The molecule has 9 heteroatoms. The average molecular weight is 568 g/mol. The van der Waals surface area contributed by atoms with Crippen molar-refractivity contribution in [3.05, 3.63) is 101 Å². The maximum Gasteiger partial charge on any atom is 0.265 e. The number of para-hydroxylation sites is 2. The van der Waals surface area contributed by atoms with Gasteiger partial charge in [0.2, 0.25) is 0 Å². The summed E-state index contributed by atoms with van der Waals surface area (Å²) < 4.78 is 39.4. The zero-order valence-corrected chi connectivity index (χ0v) is 24.5. The van der Waals surface area contributed by atoms with Crippen LogP contribution in [0.15, 0.2) is 82.3 Å². The molecule has 1 N–H and O–H groups in total. The second kappa shape index (κ2) is 10.6. The second-order valence-corrected chi connectivity index (χ2v) is 12.2. The van der Waals surface area contributed by atoms with Gasteiger partial charge in [0.05, 0.1) is 28.8 Å². The van der Waals surface area contributed by atoms with Gasteiger partial charge >= 0.3 is 0 Å². The van der Waals surface area contributed by atoms with Crippen LogP contribution in [0, 0.1) is 20.8 Å². The molecule has 0 saturated carbocycles. The number of aryl methyl sites for hydroxylation is 3. The summed E-state index contributed by atoms with van der Waals surface area (Å²) in [6, 6.07) is 21.5. The summed E-state index contributed by atoms with van der Waals surface area (Å²) in [5.74, 6) is 1.82. The van der Waals surface area contributed by atoms with E-state index in [0.717, 1.165) is 52.6 Å². The van der Waals surface area contributed by atoms with E-state index in [9.17, 15) is 8.42 Å². The molecule has 41 heavy (non-hydrogen) atoms. The van der Waals surface area contributed by atoms with Crippen molar-refractivity contribution < 1.29 is 12.9 Å². The molecule has 0 aliphatic rings. The van der Waals surface area contributed by atoms with Gasteiger partial charge in [0.15, 0.2) is 5.82 Å². The SMILES string of the molecule is CCCCc1nc2ccc(C)cc2n1Cc1cn(-c2ccccc2S(=O)(=O)Nc2noc(C)c2C)c2ccccc12. The number of imidazole rings is 1. The van der Waals surface area contributed by atoms with Crippen LogP contribution in [-0.4, -0.2) is 27.7 Å². The quantitative estimate of drug-likeness (QED) is 0.201. The molecule has 0 aliphatic carbocycles. The Balaban J connectivity index is 1.47. The minimum Gasteiger partial charge on any atom is -0.359 e. The Kier molecular flexibility index (Phi) is 6.91. The van der Waals surface area contributed by atoms with Crippen molar-refractivity contribution in [2.75, 3.05) is 4.72 Å². The van der Waals surface area contributed by atoms with Crippen molar-refractivity contribution in [1.82, 2.24) is 19.3 Å². The number of nitrogens with zero attached hydrogens (tertiary/aromatic N) is 4. The Hall–Kier alpha value is -4.37. The molecule has 6 aromatic rings. The van der Waals surface area contributed by atoms with E-state index in [2.05, 4.69) is 58.8 Å². The van der Waals surface area contributed by atoms with E-state index in [1.165, 1.54) is 5.56 Å². The van der Waals surface area contributed by atoms with Crippen LogP contribution in [0.25, 0.3) is 27.6 Å². The van der Waals surface area contributed by atoms with Gasteiger partial charge in [-0.15, -0.1) is 0 Å². The molecule has 0 atom stereocenters. The molecule has 0 radical (unpaired) electrons. The third kappa shape index (κ3) is 4.91. The first-order valence-electron chi connectivity index (χ1n) is 13.9. The molecular formula is C32H33N5O3S. The van der Waals surface area contributed by atoms with Crippen LogP contribution in [0.1, 0.15) is 48.0 Å². The number of hydrogen-bond acceptors (Lipinski definition) is 5. The van der Waals surface area contributed by atoms with E-state index in [4.69, 9.17) is 9.51 Å². The van der Waals surface area contributed by atoms with Crippen LogP contribution in [0.4, 0.5) is 5.82 Å². The summed E-state index contributed by atoms with van der Waals surface area (Å²) in [4.78, 5) is 5.14. The minimum atomic E-state index is -3.97. The first-order valence-corrected chi connectivity index (χ1v) is 15.3. The van der Waals surface area contributed by atoms with E-state index in [1.807, 2.05) is 34.9 Å². The first kappa shape index (κ1) is 26.8. The Morgan fingerprint density at radius 3 is 2.51 bits per heavy atom. The van der Waals surface area contributed by atoms with Crippen LogP contribution in [0.3, 0.4) is 0 Å². The average Bonchev–Trinajstić information content (AvgIpc) is 3.61. The zero-order valence-electron chi connectivity index (χ0n) is 23.7. The number of aromatic nitrogens is 4. The number of anilines is 1. The van der Waals surface area contributed by atoms with Crippen LogP contribution in [-0.2, 0) is 23.0 Å². The van der Waals surface area contributed by atoms with Gasteiger partial charge < -0.3 is 13.7 Å². The van der Waals surface area contributed by atoms with E-state index in [-0.39, 0.29) is 10.7 Å². The second-order valence-electron chi connectivity index (χ2n) is 10.5. The minimum absolute atomic E-state index is 0.152. The van der Waals surface area contributed by atoms with Gasteiger partial charge in [0.1, 0.15) is 16.5 Å². The molecule has 0 saturated heterocycles. The lowest BCUT2D eigenvalue weighted by Crippen LogP contribution is -2.16. The summed E-state index contributed by atoms with van der Waals surface area (Å²) in [7, 11) is -3.97. The van der Waals surface area contributed by atoms with E-state index < -0.39 is 10.0 Å². The zero-order chi connectivity index (χ0) is 28.7. The summed E-state index contributed by atoms with van der Waals surface area (Å²) in [6.45, 7) is 8.44. The van der Waals surface area contributed by atoms with Crippen molar-refractivity contribution in [3.8, 4) is 5.69 Å². The summed E-state index contributed by atoms with van der Waals surface area (Å²) in [5.41, 5.74) is 6.51. The van der Waals surface area contributed by atoms with Gasteiger partial charge in [-0.2, -0.15) is 0 Å². The van der Waals surface area contributed by atoms with Gasteiger partial charge in [0.25, 0.3) is 10.0 Å². The normalized spacial score (nSPS) is 12.0. The van der Waals surface area contributed by atoms with Gasteiger partial charge in [-0.25, -0.2) is 13.4 Å². The molecule has 0 amide bonds. The molecule has 3 aromatic carbocycles. The lowest BCUT2D eigenvalue weighted by atomic mass is 10.1. The fourth-order valence-corrected chi connectivity index (χ4v) is 6.56. The predicted molar refractivity (Wildman–Crippen MR) is 162 cm³/mol. The van der Waals surface area contributed by atoms with E-state index in [0.29, 0.717) is 23.6 Å². The molecule has 210 valence electrons. The Morgan fingerprint density at radius 1 is 0.951 bits per heavy atom. The highest BCUT2D eigenvalue weighted by Crippen LogP contribution is 2.31. The highest BCUT2D eigenvalue weighted by Gasteiger charge is 2.24. The summed E-state index contributed by atoms with van der Waals surface area (Å²) >= 11 is 0. The molecular weight excluding hydrogens is 534 g/mol. The third-order valence-electron chi connectivity index (χ3n) is 7.66. The number of hydrogen-bond donors (Lipinski definition) is 1. The smallest absolute Gasteiger partial charge is 0.265 e. The Labute approximate surface area is 239 Å². The van der Waals surface area contributed by atoms with Gasteiger partial charge in [-0.1, -0.05) is 54.9 Å². The highest BCUT2D eigenvalue weighted by molar-refractivity contribution is 7.92. The number of rotatable bonds is 9.